The van der Waals surface area contributed by atoms with E-state index >= 15 is 0 Å². The molecule has 1 amide bonds. The molecule has 3 aromatic rings. The first-order valence-corrected chi connectivity index (χ1v) is 12.3. The summed E-state index contributed by atoms with van der Waals surface area (Å²) in [6.07, 6.45) is 0.0492. The first-order valence-electron chi connectivity index (χ1n) is 10.5. The number of amides is 1. The molecule has 1 heterocycles. The maximum absolute atomic E-state index is 13.3. The van der Waals surface area contributed by atoms with Crippen molar-refractivity contribution in [2.75, 3.05) is 31.6 Å². The van der Waals surface area contributed by atoms with E-state index in [2.05, 4.69) is 5.32 Å². The van der Waals surface area contributed by atoms with Crippen LogP contribution in [0.4, 0.5) is 10.1 Å². The van der Waals surface area contributed by atoms with Crippen LogP contribution < -0.4 is 10.1 Å². The predicted molar refractivity (Wildman–Crippen MR) is 126 cm³/mol. The number of nitrogens with zero attached hydrogens (tertiary/aromatic N) is 1. The van der Waals surface area contributed by atoms with Crippen LogP contribution in [0.15, 0.2) is 71.6 Å². The standard InChI is InChI=1S/C24H22ClFN2O5S/c25-18-3-1-17(2-4-18)15-24(29)27-22-16-21(34(30,31)28-11-13-32-14-12-28)9-10-23(22)33-20-7-5-19(26)6-8-20/h1-10,16H,11-15H2,(H,27,29). The second-order valence-corrected chi connectivity index (χ2v) is 9.96. The molecule has 1 saturated heterocycles. The third kappa shape index (κ3) is 5.92. The quantitative estimate of drug-likeness (QED) is 0.513. The number of anilines is 1. The molecule has 3 aromatic carbocycles. The highest BCUT2D eigenvalue weighted by atomic mass is 35.5. The molecule has 1 aliphatic heterocycles. The lowest BCUT2D eigenvalue weighted by Gasteiger charge is -2.26. The molecule has 0 saturated carbocycles. The Hall–Kier alpha value is -2.98. The van der Waals surface area contributed by atoms with Crippen molar-refractivity contribution in [2.45, 2.75) is 11.3 Å². The molecule has 0 aromatic heterocycles. The van der Waals surface area contributed by atoms with E-state index in [1.54, 1.807) is 24.3 Å². The van der Waals surface area contributed by atoms with E-state index < -0.39 is 15.8 Å². The van der Waals surface area contributed by atoms with Crippen molar-refractivity contribution in [2.24, 2.45) is 0 Å². The van der Waals surface area contributed by atoms with E-state index in [4.69, 9.17) is 21.1 Å². The van der Waals surface area contributed by atoms with Crippen molar-refractivity contribution in [1.82, 2.24) is 4.31 Å². The first kappa shape index (κ1) is 24.2. The van der Waals surface area contributed by atoms with E-state index in [0.717, 1.165) is 5.56 Å². The number of carbonyl (C=O) groups excluding carboxylic acids is 1. The monoisotopic (exact) mass is 504 g/mol. The Morgan fingerprint density at radius 2 is 1.71 bits per heavy atom. The molecule has 4 rings (SSSR count). The van der Waals surface area contributed by atoms with Crippen molar-refractivity contribution in [1.29, 1.82) is 0 Å². The summed E-state index contributed by atoms with van der Waals surface area (Å²) in [6, 6.07) is 16.4. The molecule has 10 heteroatoms. The minimum absolute atomic E-state index is 0.0163. The van der Waals surface area contributed by atoms with Gasteiger partial charge in [0, 0.05) is 18.1 Å². The van der Waals surface area contributed by atoms with E-state index in [-0.39, 0.29) is 41.7 Å². The van der Waals surface area contributed by atoms with Crippen molar-refractivity contribution < 1.29 is 27.1 Å². The highest BCUT2D eigenvalue weighted by molar-refractivity contribution is 7.89. The smallest absolute Gasteiger partial charge is 0.243 e. The highest BCUT2D eigenvalue weighted by Crippen LogP contribution is 2.33. The lowest BCUT2D eigenvalue weighted by atomic mass is 10.1. The van der Waals surface area contributed by atoms with Crippen LogP contribution in [0.2, 0.25) is 5.02 Å². The lowest BCUT2D eigenvalue weighted by Crippen LogP contribution is -2.40. The molecule has 0 radical (unpaired) electrons. The summed E-state index contributed by atoms with van der Waals surface area (Å²) < 4.78 is 51.9. The van der Waals surface area contributed by atoms with Crippen LogP contribution in [0.5, 0.6) is 11.5 Å². The molecular weight excluding hydrogens is 483 g/mol. The molecule has 0 aliphatic carbocycles. The lowest BCUT2D eigenvalue weighted by molar-refractivity contribution is -0.115. The molecule has 0 unspecified atom stereocenters. The van der Waals surface area contributed by atoms with Crippen molar-refractivity contribution >= 4 is 33.2 Å². The van der Waals surface area contributed by atoms with Gasteiger partial charge in [-0.15, -0.1) is 0 Å². The summed E-state index contributed by atoms with van der Waals surface area (Å²) in [6.45, 7) is 1.12. The minimum atomic E-state index is -3.80. The maximum atomic E-state index is 13.3. The van der Waals surface area contributed by atoms with Gasteiger partial charge in [-0.3, -0.25) is 4.79 Å². The summed E-state index contributed by atoms with van der Waals surface area (Å²) >= 11 is 5.90. The number of hydrogen-bond donors (Lipinski definition) is 1. The van der Waals surface area contributed by atoms with Gasteiger partial charge < -0.3 is 14.8 Å². The Bertz CT molecular complexity index is 1260. The maximum Gasteiger partial charge on any atom is 0.243 e. The van der Waals surface area contributed by atoms with E-state index in [1.807, 2.05) is 0 Å². The van der Waals surface area contributed by atoms with E-state index in [0.29, 0.717) is 24.0 Å². The van der Waals surface area contributed by atoms with Gasteiger partial charge in [0.15, 0.2) is 5.75 Å². The summed E-state index contributed by atoms with van der Waals surface area (Å²) in [7, 11) is -3.80. The number of ether oxygens (including phenoxy) is 2. The summed E-state index contributed by atoms with van der Waals surface area (Å²) in [4.78, 5) is 12.8. The molecule has 1 N–H and O–H groups in total. The fraction of sp³-hybridized carbons (Fsp3) is 0.208. The van der Waals surface area contributed by atoms with Gasteiger partial charge in [0.1, 0.15) is 11.6 Å². The SMILES string of the molecule is O=C(Cc1ccc(Cl)cc1)Nc1cc(S(=O)(=O)N2CCOCC2)ccc1Oc1ccc(F)cc1. The van der Waals surface area contributed by atoms with E-state index in [9.17, 15) is 17.6 Å². The highest BCUT2D eigenvalue weighted by Gasteiger charge is 2.27. The number of nitrogens with one attached hydrogen (secondary N) is 1. The van der Waals surface area contributed by atoms with Crippen LogP contribution in [0.1, 0.15) is 5.56 Å². The third-order valence-corrected chi connectivity index (χ3v) is 7.30. The second-order valence-electron chi connectivity index (χ2n) is 7.58. The number of carbonyl (C=O) groups is 1. The Labute approximate surface area is 202 Å². The predicted octanol–water partition coefficient (Wildman–Crippen LogP) is 4.47. The number of halogens is 2. The molecule has 1 fully saturated rings. The Balaban J connectivity index is 1.62. The molecule has 7 nitrogen and oxygen atoms in total. The molecular formula is C24H22ClFN2O5S. The average Bonchev–Trinajstić information content (AvgIpc) is 2.83. The van der Waals surface area contributed by atoms with Gasteiger partial charge in [0.2, 0.25) is 15.9 Å². The molecule has 0 bridgehead atoms. The normalized spacial score (nSPS) is 14.5. The van der Waals surface area contributed by atoms with Crippen molar-refractivity contribution in [3.05, 3.63) is 83.1 Å². The topological polar surface area (TPSA) is 84.9 Å². The van der Waals surface area contributed by atoms with Crippen LogP contribution in [-0.4, -0.2) is 44.9 Å². The fourth-order valence-electron chi connectivity index (χ4n) is 3.40. The zero-order chi connectivity index (χ0) is 24.1. The fourth-order valence-corrected chi connectivity index (χ4v) is 4.96. The number of morpholine rings is 1. The van der Waals surface area contributed by atoms with Crippen LogP contribution in [0.3, 0.4) is 0 Å². The Kier molecular flexibility index (Phi) is 7.47. The molecule has 34 heavy (non-hydrogen) atoms. The molecule has 178 valence electrons. The zero-order valence-corrected chi connectivity index (χ0v) is 19.6. The van der Waals surface area contributed by atoms with Crippen LogP contribution in [-0.2, 0) is 26.0 Å². The van der Waals surface area contributed by atoms with Gasteiger partial charge in [-0.05, 0) is 60.2 Å². The molecule has 1 aliphatic rings. The Morgan fingerprint density at radius 1 is 1.03 bits per heavy atom. The minimum Gasteiger partial charge on any atom is -0.455 e. The third-order valence-electron chi connectivity index (χ3n) is 5.15. The van der Waals surface area contributed by atoms with Gasteiger partial charge in [-0.2, -0.15) is 4.31 Å². The number of sulfonamides is 1. The first-order chi connectivity index (χ1) is 16.3. The van der Waals surface area contributed by atoms with Gasteiger partial charge in [0.05, 0.1) is 30.2 Å². The summed E-state index contributed by atoms with van der Waals surface area (Å²) in [5, 5.41) is 3.30. The van der Waals surface area contributed by atoms with Crippen LogP contribution >= 0.6 is 11.6 Å². The van der Waals surface area contributed by atoms with Gasteiger partial charge >= 0.3 is 0 Å². The Morgan fingerprint density at radius 3 is 2.38 bits per heavy atom. The van der Waals surface area contributed by atoms with Gasteiger partial charge in [-0.1, -0.05) is 23.7 Å². The number of rotatable bonds is 7. The van der Waals surface area contributed by atoms with Crippen LogP contribution in [0, 0.1) is 5.82 Å². The van der Waals surface area contributed by atoms with Crippen molar-refractivity contribution in [3.8, 4) is 11.5 Å². The van der Waals surface area contributed by atoms with Gasteiger partial charge in [-0.25, -0.2) is 12.8 Å². The van der Waals surface area contributed by atoms with E-state index in [1.165, 1.54) is 46.8 Å². The largest absolute Gasteiger partial charge is 0.455 e. The number of benzene rings is 3. The van der Waals surface area contributed by atoms with Crippen LogP contribution in [0.25, 0.3) is 0 Å². The average molecular weight is 505 g/mol. The van der Waals surface area contributed by atoms with Gasteiger partial charge in [0.25, 0.3) is 0 Å². The summed E-state index contributed by atoms with van der Waals surface area (Å²) in [5.74, 6) is -0.238. The second kappa shape index (κ2) is 10.5. The molecule has 0 spiro atoms. The summed E-state index contributed by atoms with van der Waals surface area (Å²) in [5.41, 5.74) is 0.914. The molecule has 0 atom stereocenters. The van der Waals surface area contributed by atoms with Crippen molar-refractivity contribution in [3.63, 3.8) is 0 Å². The zero-order valence-electron chi connectivity index (χ0n) is 18.0. The number of hydrogen-bond acceptors (Lipinski definition) is 5.